The summed E-state index contributed by atoms with van der Waals surface area (Å²) in [6.07, 6.45) is -3.25. The Morgan fingerprint density at radius 2 is 1.74 bits per heavy atom. The molecule has 0 aliphatic carbocycles. The molecule has 0 spiro atoms. The molecule has 19 heavy (non-hydrogen) atoms. The van der Waals surface area contributed by atoms with Crippen molar-refractivity contribution in [3.05, 3.63) is 47.9 Å². The molecular weight excluding hydrogens is 259 g/mol. The summed E-state index contributed by atoms with van der Waals surface area (Å²) in [5.74, 6) is -0.726. The Hall–Kier alpha value is -2.44. The van der Waals surface area contributed by atoms with Gasteiger partial charge in [-0.2, -0.15) is 13.2 Å². The molecule has 1 aromatic carbocycles. The first-order valence-corrected chi connectivity index (χ1v) is 5.17. The first-order valence-electron chi connectivity index (χ1n) is 5.17. The van der Waals surface area contributed by atoms with E-state index in [9.17, 15) is 18.0 Å². The molecule has 4 nitrogen and oxygen atoms in total. The van der Waals surface area contributed by atoms with Crippen LogP contribution in [0.5, 0.6) is 0 Å². The summed E-state index contributed by atoms with van der Waals surface area (Å²) in [5.41, 5.74) is 5.09. The van der Waals surface area contributed by atoms with Crippen LogP contribution in [0.4, 0.5) is 13.2 Å². The topological polar surface area (TPSA) is 68.9 Å². The van der Waals surface area contributed by atoms with Crippen LogP contribution in [0.15, 0.2) is 36.7 Å². The maximum atomic E-state index is 12.4. The molecule has 0 aliphatic heterocycles. The second-order valence-corrected chi connectivity index (χ2v) is 3.73. The maximum Gasteiger partial charge on any atom is 0.416 e. The van der Waals surface area contributed by atoms with E-state index in [1.807, 2.05) is 0 Å². The summed E-state index contributed by atoms with van der Waals surface area (Å²) in [6.45, 7) is 0. The zero-order valence-electron chi connectivity index (χ0n) is 9.48. The van der Waals surface area contributed by atoms with Crippen LogP contribution < -0.4 is 5.73 Å². The van der Waals surface area contributed by atoms with E-state index >= 15 is 0 Å². The molecule has 0 unspecified atom stereocenters. The van der Waals surface area contributed by atoms with Crippen molar-refractivity contribution in [2.45, 2.75) is 6.18 Å². The lowest BCUT2D eigenvalue weighted by atomic mass is 10.1. The quantitative estimate of drug-likeness (QED) is 0.907. The number of primary amides is 1. The normalized spacial score (nSPS) is 11.3. The third-order valence-electron chi connectivity index (χ3n) is 2.43. The van der Waals surface area contributed by atoms with Gasteiger partial charge < -0.3 is 5.73 Å². The fraction of sp³-hybridized carbons (Fsp3) is 0.0833. The molecule has 0 bridgehead atoms. The van der Waals surface area contributed by atoms with Gasteiger partial charge in [-0.15, -0.1) is 0 Å². The smallest absolute Gasteiger partial charge is 0.364 e. The van der Waals surface area contributed by atoms with Gasteiger partial charge in [0.15, 0.2) is 0 Å². The van der Waals surface area contributed by atoms with Crippen LogP contribution in [0, 0.1) is 0 Å². The summed E-state index contributed by atoms with van der Waals surface area (Å²) in [4.78, 5) is 18.5. The van der Waals surface area contributed by atoms with Crippen LogP contribution in [0.2, 0.25) is 0 Å². The highest BCUT2D eigenvalue weighted by molar-refractivity contribution is 5.91. The largest absolute Gasteiger partial charge is 0.416 e. The average molecular weight is 267 g/mol. The first-order chi connectivity index (χ1) is 8.88. The Morgan fingerprint density at radius 1 is 1.11 bits per heavy atom. The van der Waals surface area contributed by atoms with Gasteiger partial charge >= 0.3 is 6.18 Å². The molecule has 0 radical (unpaired) electrons. The fourth-order valence-electron chi connectivity index (χ4n) is 1.48. The van der Waals surface area contributed by atoms with Gasteiger partial charge in [-0.05, 0) is 18.2 Å². The van der Waals surface area contributed by atoms with Crippen LogP contribution in [0.25, 0.3) is 11.3 Å². The van der Waals surface area contributed by atoms with E-state index < -0.39 is 17.6 Å². The minimum atomic E-state index is -4.39. The van der Waals surface area contributed by atoms with Crippen molar-refractivity contribution in [3.8, 4) is 11.3 Å². The number of nitrogens with zero attached hydrogens (tertiary/aromatic N) is 2. The van der Waals surface area contributed by atoms with Gasteiger partial charge in [0.2, 0.25) is 0 Å². The monoisotopic (exact) mass is 267 g/mol. The summed E-state index contributed by atoms with van der Waals surface area (Å²) in [7, 11) is 0. The number of hydrogen-bond acceptors (Lipinski definition) is 3. The van der Waals surface area contributed by atoms with E-state index in [0.29, 0.717) is 11.3 Å². The van der Waals surface area contributed by atoms with E-state index in [2.05, 4.69) is 9.97 Å². The minimum Gasteiger partial charge on any atom is -0.364 e. The van der Waals surface area contributed by atoms with E-state index in [4.69, 9.17) is 5.73 Å². The number of amides is 1. The summed E-state index contributed by atoms with van der Waals surface area (Å²) >= 11 is 0. The average Bonchev–Trinajstić information content (AvgIpc) is 2.38. The van der Waals surface area contributed by atoms with E-state index in [1.54, 1.807) is 0 Å². The SMILES string of the molecule is NC(=O)c1cc(-c2ccc(C(F)(F)F)cc2)ncn1. The second kappa shape index (κ2) is 4.68. The van der Waals surface area contributed by atoms with Crippen molar-refractivity contribution in [2.75, 3.05) is 0 Å². The third kappa shape index (κ3) is 2.87. The van der Waals surface area contributed by atoms with Gasteiger partial charge in [0, 0.05) is 5.56 Å². The number of hydrogen-bond donors (Lipinski definition) is 1. The number of rotatable bonds is 2. The molecule has 1 aromatic heterocycles. The highest BCUT2D eigenvalue weighted by Crippen LogP contribution is 2.30. The zero-order valence-corrected chi connectivity index (χ0v) is 9.48. The number of benzene rings is 1. The first kappa shape index (κ1) is 13.0. The van der Waals surface area contributed by atoms with Crippen LogP contribution in [0.3, 0.4) is 0 Å². The number of carbonyl (C=O) groups excluding carboxylic acids is 1. The molecule has 2 rings (SSSR count). The molecule has 0 atom stereocenters. The van der Waals surface area contributed by atoms with E-state index in [0.717, 1.165) is 18.5 Å². The van der Waals surface area contributed by atoms with E-state index in [1.165, 1.54) is 18.2 Å². The van der Waals surface area contributed by atoms with Crippen molar-refractivity contribution in [1.29, 1.82) is 0 Å². The fourth-order valence-corrected chi connectivity index (χ4v) is 1.48. The van der Waals surface area contributed by atoms with Gasteiger partial charge in [0.05, 0.1) is 11.3 Å². The minimum absolute atomic E-state index is 0.00454. The van der Waals surface area contributed by atoms with E-state index in [-0.39, 0.29) is 5.69 Å². The Labute approximate surface area is 106 Å². The number of carbonyl (C=O) groups is 1. The number of aromatic nitrogens is 2. The van der Waals surface area contributed by atoms with Crippen LogP contribution in [-0.4, -0.2) is 15.9 Å². The van der Waals surface area contributed by atoms with Crippen molar-refractivity contribution in [1.82, 2.24) is 9.97 Å². The van der Waals surface area contributed by atoms with Crippen LogP contribution in [-0.2, 0) is 6.18 Å². The molecule has 0 saturated heterocycles. The van der Waals surface area contributed by atoms with Gasteiger partial charge in [-0.1, -0.05) is 12.1 Å². The standard InChI is InChI=1S/C12H8F3N3O/c13-12(14,15)8-3-1-7(2-4-8)9-5-10(11(16)19)18-6-17-9/h1-6H,(H2,16,19). The van der Waals surface area contributed by atoms with Gasteiger partial charge in [-0.25, -0.2) is 9.97 Å². The maximum absolute atomic E-state index is 12.4. The number of alkyl halides is 3. The van der Waals surface area contributed by atoms with Crippen LogP contribution >= 0.6 is 0 Å². The third-order valence-corrected chi connectivity index (χ3v) is 2.43. The molecule has 2 aromatic rings. The molecule has 2 N–H and O–H groups in total. The van der Waals surface area contributed by atoms with Gasteiger partial charge in [0.25, 0.3) is 5.91 Å². The molecule has 7 heteroatoms. The molecular formula is C12H8F3N3O. The molecule has 0 aliphatic rings. The van der Waals surface area contributed by atoms with Crippen molar-refractivity contribution >= 4 is 5.91 Å². The van der Waals surface area contributed by atoms with Crippen molar-refractivity contribution < 1.29 is 18.0 Å². The van der Waals surface area contributed by atoms with Crippen molar-refractivity contribution in [3.63, 3.8) is 0 Å². The summed E-state index contributed by atoms with van der Waals surface area (Å²) in [5, 5.41) is 0. The Kier molecular flexibility index (Phi) is 3.20. The lowest BCUT2D eigenvalue weighted by molar-refractivity contribution is -0.137. The molecule has 98 valence electrons. The lowest BCUT2D eigenvalue weighted by Crippen LogP contribution is -2.13. The Balaban J connectivity index is 2.37. The number of nitrogens with two attached hydrogens (primary N) is 1. The predicted molar refractivity (Wildman–Crippen MR) is 61.0 cm³/mol. The van der Waals surface area contributed by atoms with Gasteiger partial charge in [0.1, 0.15) is 12.0 Å². The molecule has 1 amide bonds. The molecule has 0 saturated carbocycles. The van der Waals surface area contributed by atoms with Gasteiger partial charge in [-0.3, -0.25) is 4.79 Å². The lowest BCUT2D eigenvalue weighted by Gasteiger charge is -2.07. The second-order valence-electron chi connectivity index (χ2n) is 3.73. The highest BCUT2D eigenvalue weighted by Gasteiger charge is 2.30. The summed E-state index contributed by atoms with van der Waals surface area (Å²) < 4.78 is 37.2. The Bertz CT molecular complexity index is 608. The Morgan fingerprint density at radius 3 is 2.26 bits per heavy atom. The molecule has 1 heterocycles. The predicted octanol–water partition coefficient (Wildman–Crippen LogP) is 2.26. The van der Waals surface area contributed by atoms with Crippen molar-refractivity contribution in [2.24, 2.45) is 5.73 Å². The highest BCUT2D eigenvalue weighted by atomic mass is 19.4. The zero-order chi connectivity index (χ0) is 14.0. The van der Waals surface area contributed by atoms with Crippen LogP contribution in [0.1, 0.15) is 16.1 Å². The number of halogens is 3. The molecule has 0 fully saturated rings. The summed E-state index contributed by atoms with van der Waals surface area (Å²) in [6, 6.07) is 5.76.